The number of hydrogen-bond acceptors (Lipinski definition) is 4. The summed E-state index contributed by atoms with van der Waals surface area (Å²) >= 11 is 0. The summed E-state index contributed by atoms with van der Waals surface area (Å²) in [6.45, 7) is 6.76. The Morgan fingerprint density at radius 1 is 1.18 bits per heavy atom. The van der Waals surface area contributed by atoms with E-state index in [0.717, 1.165) is 25.9 Å². The van der Waals surface area contributed by atoms with Crippen molar-refractivity contribution < 1.29 is 17.9 Å². The van der Waals surface area contributed by atoms with Gasteiger partial charge in [0.05, 0.1) is 5.75 Å². The van der Waals surface area contributed by atoms with Crippen LogP contribution in [0.5, 0.6) is 0 Å². The van der Waals surface area contributed by atoms with Gasteiger partial charge in [0, 0.05) is 38.8 Å². The fourth-order valence-corrected chi connectivity index (χ4v) is 3.59. The molecule has 1 N–H and O–H groups in total. The Labute approximate surface area is 134 Å². The lowest BCUT2D eigenvalue weighted by Gasteiger charge is -2.30. The van der Waals surface area contributed by atoms with Crippen LogP contribution in [0.1, 0.15) is 46.0 Å². The maximum Gasteiger partial charge on any atom is 0.223 e. The molecule has 0 atom stereocenters. The number of sulfonamides is 1. The third kappa shape index (κ3) is 6.62. The maximum absolute atomic E-state index is 12.0. The van der Waals surface area contributed by atoms with Gasteiger partial charge in [-0.05, 0) is 32.6 Å². The van der Waals surface area contributed by atoms with Gasteiger partial charge in [-0.15, -0.1) is 0 Å². The number of nitrogens with one attached hydrogen (secondary N) is 1. The Morgan fingerprint density at radius 3 is 2.41 bits per heavy atom. The van der Waals surface area contributed by atoms with Crippen LogP contribution >= 0.6 is 0 Å². The molecule has 1 saturated heterocycles. The lowest BCUT2D eigenvalue weighted by molar-refractivity contribution is -0.126. The van der Waals surface area contributed by atoms with Gasteiger partial charge >= 0.3 is 0 Å². The van der Waals surface area contributed by atoms with Gasteiger partial charge in [-0.2, -0.15) is 0 Å². The van der Waals surface area contributed by atoms with Gasteiger partial charge in [0.15, 0.2) is 0 Å². The lowest BCUT2D eigenvalue weighted by Crippen LogP contribution is -2.43. The maximum atomic E-state index is 12.0. The fourth-order valence-electron chi connectivity index (χ4n) is 2.46. The zero-order valence-corrected chi connectivity index (χ0v) is 14.7. The molecule has 0 aromatic carbocycles. The van der Waals surface area contributed by atoms with Gasteiger partial charge in [-0.3, -0.25) is 4.79 Å². The van der Waals surface area contributed by atoms with Crippen LogP contribution in [0.2, 0.25) is 0 Å². The molecule has 7 heteroatoms. The third-order valence-corrected chi connectivity index (χ3v) is 5.87. The first-order valence-corrected chi connectivity index (χ1v) is 9.95. The first kappa shape index (κ1) is 19.4. The minimum Gasteiger partial charge on any atom is -0.381 e. The van der Waals surface area contributed by atoms with Crippen LogP contribution in [0.25, 0.3) is 0 Å². The van der Waals surface area contributed by atoms with Gasteiger partial charge in [0.1, 0.15) is 0 Å². The minimum absolute atomic E-state index is 0.0436. The summed E-state index contributed by atoms with van der Waals surface area (Å²) in [6.07, 6.45) is 4.24. The molecule has 0 bridgehead atoms. The molecule has 1 rings (SSSR count). The summed E-state index contributed by atoms with van der Waals surface area (Å²) in [7, 11) is -3.12. The summed E-state index contributed by atoms with van der Waals surface area (Å²) < 4.78 is 30.5. The van der Waals surface area contributed by atoms with Crippen molar-refractivity contribution in [1.29, 1.82) is 0 Å². The molecular weight excluding hydrogens is 304 g/mol. The van der Waals surface area contributed by atoms with E-state index < -0.39 is 10.0 Å². The van der Waals surface area contributed by atoms with Crippen LogP contribution in [0.15, 0.2) is 0 Å². The predicted octanol–water partition coefficient (Wildman–Crippen LogP) is 1.37. The SMILES string of the molecule is CCCCOCCCNC(=O)C1CCN(S(=O)(=O)CC)CC1. The molecule has 0 radical (unpaired) electrons. The zero-order chi connectivity index (χ0) is 16.4. The van der Waals surface area contributed by atoms with Gasteiger partial charge in [0.2, 0.25) is 15.9 Å². The van der Waals surface area contributed by atoms with Crippen LogP contribution in [0.4, 0.5) is 0 Å². The smallest absolute Gasteiger partial charge is 0.223 e. The average molecular weight is 334 g/mol. The largest absolute Gasteiger partial charge is 0.381 e. The fraction of sp³-hybridized carbons (Fsp3) is 0.933. The Morgan fingerprint density at radius 2 is 1.82 bits per heavy atom. The number of hydrogen-bond donors (Lipinski definition) is 1. The van der Waals surface area contributed by atoms with Crippen molar-refractivity contribution in [1.82, 2.24) is 9.62 Å². The third-order valence-electron chi connectivity index (χ3n) is 3.99. The van der Waals surface area contributed by atoms with E-state index in [-0.39, 0.29) is 17.6 Å². The molecule has 0 unspecified atom stereocenters. The number of nitrogens with zero attached hydrogens (tertiary/aromatic N) is 1. The van der Waals surface area contributed by atoms with E-state index in [9.17, 15) is 13.2 Å². The van der Waals surface area contributed by atoms with Gasteiger partial charge in [0.25, 0.3) is 0 Å². The van der Waals surface area contributed by atoms with Crippen LogP contribution in [-0.4, -0.2) is 57.2 Å². The van der Waals surface area contributed by atoms with E-state index in [0.29, 0.717) is 39.1 Å². The Bertz CT molecular complexity index is 417. The van der Waals surface area contributed by atoms with Crippen LogP contribution in [-0.2, 0) is 19.6 Å². The number of amides is 1. The van der Waals surface area contributed by atoms with E-state index >= 15 is 0 Å². The summed E-state index contributed by atoms with van der Waals surface area (Å²) in [5.74, 6) is 0.105. The molecule has 130 valence electrons. The molecule has 1 aliphatic rings. The molecule has 1 amide bonds. The summed E-state index contributed by atoms with van der Waals surface area (Å²) in [5, 5.41) is 2.92. The number of carbonyl (C=O) groups is 1. The first-order valence-electron chi connectivity index (χ1n) is 8.34. The number of ether oxygens (including phenoxy) is 1. The van der Waals surface area contributed by atoms with Crippen molar-refractivity contribution in [3.05, 3.63) is 0 Å². The van der Waals surface area contributed by atoms with E-state index in [1.165, 1.54) is 4.31 Å². The number of carbonyl (C=O) groups excluding carboxylic acids is 1. The Balaban J connectivity index is 2.15. The van der Waals surface area contributed by atoms with Crippen molar-refractivity contribution in [3.63, 3.8) is 0 Å². The topological polar surface area (TPSA) is 75.7 Å². The average Bonchev–Trinajstić information content (AvgIpc) is 2.54. The van der Waals surface area contributed by atoms with E-state index in [1.807, 2.05) is 0 Å². The number of rotatable bonds is 10. The molecule has 1 aliphatic heterocycles. The highest BCUT2D eigenvalue weighted by Crippen LogP contribution is 2.19. The normalized spacial score (nSPS) is 17.5. The first-order chi connectivity index (χ1) is 10.5. The second kappa shape index (κ2) is 10.2. The molecular formula is C15H30N2O4S. The lowest BCUT2D eigenvalue weighted by atomic mass is 9.97. The molecule has 6 nitrogen and oxygen atoms in total. The van der Waals surface area contributed by atoms with Crippen LogP contribution < -0.4 is 5.32 Å². The van der Waals surface area contributed by atoms with Crippen molar-refractivity contribution in [3.8, 4) is 0 Å². The standard InChI is InChI=1S/C15H30N2O4S/c1-3-5-12-21-13-6-9-16-15(18)14-7-10-17(11-8-14)22(19,20)4-2/h14H,3-13H2,1-2H3,(H,16,18). The van der Waals surface area contributed by atoms with Crippen molar-refractivity contribution in [2.24, 2.45) is 5.92 Å². The Kier molecular flexibility index (Phi) is 8.97. The Hall–Kier alpha value is -0.660. The van der Waals surface area contributed by atoms with Gasteiger partial charge in [-0.1, -0.05) is 13.3 Å². The summed E-state index contributed by atoms with van der Waals surface area (Å²) in [6, 6.07) is 0. The minimum atomic E-state index is -3.12. The highest BCUT2D eigenvalue weighted by molar-refractivity contribution is 7.89. The number of unbranched alkanes of at least 4 members (excludes halogenated alkanes) is 1. The molecule has 0 spiro atoms. The quantitative estimate of drug-likeness (QED) is 0.612. The second-order valence-electron chi connectivity index (χ2n) is 5.68. The highest BCUT2D eigenvalue weighted by Gasteiger charge is 2.29. The van der Waals surface area contributed by atoms with Crippen LogP contribution in [0, 0.1) is 5.92 Å². The second-order valence-corrected chi connectivity index (χ2v) is 7.94. The van der Waals surface area contributed by atoms with E-state index in [1.54, 1.807) is 6.92 Å². The van der Waals surface area contributed by atoms with Crippen molar-refractivity contribution in [2.75, 3.05) is 38.6 Å². The van der Waals surface area contributed by atoms with E-state index in [4.69, 9.17) is 4.74 Å². The van der Waals surface area contributed by atoms with Gasteiger partial charge < -0.3 is 10.1 Å². The van der Waals surface area contributed by atoms with Crippen LogP contribution in [0.3, 0.4) is 0 Å². The zero-order valence-electron chi connectivity index (χ0n) is 13.8. The van der Waals surface area contributed by atoms with Crippen molar-refractivity contribution in [2.45, 2.75) is 46.0 Å². The molecule has 1 heterocycles. The summed E-state index contributed by atoms with van der Waals surface area (Å²) in [5.41, 5.74) is 0. The van der Waals surface area contributed by atoms with Gasteiger partial charge in [-0.25, -0.2) is 12.7 Å². The van der Waals surface area contributed by atoms with Crippen molar-refractivity contribution >= 4 is 15.9 Å². The molecule has 0 saturated carbocycles. The molecule has 0 aliphatic carbocycles. The number of piperidine rings is 1. The van der Waals surface area contributed by atoms with E-state index in [2.05, 4.69) is 12.2 Å². The summed E-state index contributed by atoms with van der Waals surface area (Å²) in [4.78, 5) is 12.0. The monoisotopic (exact) mass is 334 g/mol. The highest BCUT2D eigenvalue weighted by atomic mass is 32.2. The molecule has 0 aromatic rings. The molecule has 22 heavy (non-hydrogen) atoms. The molecule has 0 aromatic heterocycles. The molecule has 1 fully saturated rings. The predicted molar refractivity (Wildman–Crippen MR) is 87.1 cm³/mol.